The van der Waals surface area contributed by atoms with Gasteiger partial charge in [-0.3, -0.25) is 33.7 Å². The van der Waals surface area contributed by atoms with Gasteiger partial charge in [-0.2, -0.15) is 10.2 Å². The van der Waals surface area contributed by atoms with Crippen LogP contribution >= 0.6 is 0 Å². The first-order valence-electron chi connectivity index (χ1n) is 42.7. The van der Waals surface area contributed by atoms with E-state index in [-0.39, 0.29) is 96.3 Å². The topological polar surface area (TPSA) is 377 Å². The summed E-state index contributed by atoms with van der Waals surface area (Å²) in [4.78, 5) is 127. The number of morpholine rings is 1. The summed E-state index contributed by atoms with van der Waals surface area (Å²) in [5.74, 6) is -2.99. The number of urea groups is 1. The molecule has 2 aromatic heterocycles. The van der Waals surface area contributed by atoms with Crippen LogP contribution in [0.15, 0.2) is 113 Å². The van der Waals surface area contributed by atoms with Crippen LogP contribution in [-0.2, 0) is 115 Å². The van der Waals surface area contributed by atoms with Gasteiger partial charge in [-0.1, -0.05) is 119 Å². The smallest absolute Gasteiger partial charge is 0.410 e. The standard InChI is InChI=1S/C90H123N13O19/c1-7-8-9-10-19-75-86-76(96-64(4)95-75)30-33-101(86)57-69-27-26-67(52-81(69)113-6)56-100-60-90(61-100)62-102(34-36-122-90)89(111)121-59-66-24-22-65(23-25-66)51-79(104)74(20-15-32-92-88(91)110)98-87(109)72(63(2)3)53-80(105)77(55-93-82(106)31-35-114-39-40-116-43-44-118-47-48-120-50-49-119-46-45-117-42-41-115-38-37-112-5)97-83(107)28-29-84(108)103-58-68-16-11-12-17-70(68)73-54-94-99-85(73)71-18-13-14-21-78(71)103/h11-14,16-18,21-27,30,33,52,63,72,74,77H,7-10,15,19-20,28-29,31-32,34-51,53-62H2,1-6H3,(H,93,106)(H,97,107)(H,98,109)(H3,91,92,110)/t72-,74-,77-/m0/s1. The van der Waals surface area contributed by atoms with Crippen molar-refractivity contribution in [1.82, 2.24) is 45.6 Å². The van der Waals surface area contributed by atoms with Crippen molar-refractivity contribution in [2.75, 3.05) is 171 Å². The maximum atomic E-state index is 14.7. The van der Waals surface area contributed by atoms with E-state index in [4.69, 9.17) is 67.8 Å². The summed E-state index contributed by atoms with van der Waals surface area (Å²) in [7, 11) is 3.32. The number of ether oxygens (including phenoxy) is 11. The first-order valence-corrected chi connectivity index (χ1v) is 42.7. The third kappa shape index (κ3) is 29.4. The highest BCUT2D eigenvalue weighted by molar-refractivity contribution is 6.04. The number of aromatic nitrogens is 3. The van der Waals surface area contributed by atoms with Gasteiger partial charge in [-0.15, -0.1) is 0 Å². The minimum Gasteiger partial charge on any atom is -0.496 e. The molecule has 7 amide bonds. The predicted molar refractivity (Wildman–Crippen MR) is 457 cm³/mol. The lowest BCUT2D eigenvalue weighted by Crippen LogP contribution is -2.70. The van der Waals surface area contributed by atoms with E-state index in [1.54, 1.807) is 62.1 Å². The van der Waals surface area contributed by atoms with Crippen LogP contribution < -0.4 is 36.6 Å². The number of carbonyl (C=O) groups is 8. The zero-order valence-electron chi connectivity index (χ0n) is 71.6. The number of ketones is 2. The van der Waals surface area contributed by atoms with Gasteiger partial charge >= 0.3 is 12.1 Å². The van der Waals surface area contributed by atoms with Crippen LogP contribution in [-0.4, -0.2) is 255 Å². The summed E-state index contributed by atoms with van der Waals surface area (Å²) >= 11 is 0. The van der Waals surface area contributed by atoms with Gasteiger partial charge in [0, 0.05) is 107 Å². The first-order chi connectivity index (χ1) is 59.3. The number of unbranched alkanes of at least 4 members (excludes halogenated alkanes) is 3. The number of nitrogens with two attached hydrogens (primary N) is 1. The Kier molecular flexibility index (Phi) is 38.6. The zero-order chi connectivity index (χ0) is 86.4. The van der Waals surface area contributed by atoms with E-state index >= 15 is 0 Å². The van der Waals surface area contributed by atoms with Crippen molar-refractivity contribution in [2.45, 2.75) is 149 Å². The number of rotatable bonds is 55. The number of Topliss-reactive ketones (excluding diaryl/α,β-unsaturated/α-hetero) is 2. The van der Waals surface area contributed by atoms with Gasteiger partial charge in [-0.05, 0) is 84.5 Å². The molecule has 0 aliphatic carbocycles. The van der Waals surface area contributed by atoms with Gasteiger partial charge in [0.2, 0.25) is 23.6 Å². The van der Waals surface area contributed by atoms with Crippen molar-refractivity contribution in [3.05, 3.63) is 154 Å². The van der Waals surface area contributed by atoms with Gasteiger partial charge < -0.3 is 93.5 Å². The lowest BCUT2D eigenvalue weighted by atomic mass is 9.87. The van der Waals surface area contributed by atoms with Gasteiger partial charge in [-0.25, -0.2) is 19.6 Å². The van der Waals surface area contributed by atoms with Crippen LogP contribution in [0.25, 0.3) is 22.3 Å². The summed E-state index contributed by atoms with van der Waals surface area (Å²) in [6.45, 7) is 17.3. The molecular weight excluding hydrogens is 1570 g/mol. The molecule has 662 valence electrons. The van der Waals surface area contributed by atoms with Crippen molar-refractivity contribution in [2.24, 2.45) is 27.8 Å². The largest absolute Gasteiger partial charge is 0.496 e. The molecule has 0 saturated carbocycles. The molecule has 6 heterocycles. The minimum atomic E-state index is -1.36. The summed E-state index contributed by atoms with van der Waals surface area (Å²) in [5, 5.41) is 19.8. The molecule has 2 saturated heterocycles. The molecule has 0 unspecified atom stereocenters. The number of nitrogens with zero attached hydrogens (tertiary/aromatic N) is 8. The summed E-state index contributed by atoms with van der Waals surface area (Å²) in [6.07, 6.45) is 6.29. The van der Waals surface area contributed by atoms with Crippen LogP contribution in [0.1, 0.15) is 135 Å². The molecule has 10 rings (SSSR count). The molecule has 0 radical (unpaired) electrons. The quantitative estimate of drug-likeness (QED) is 0.0222. The summed E-state index contributed by atoms with van der Waals surface area (Å²) < 4.78 is 64.1. The highest BCUT2D eigenvalue weighted by atomic mass is 16.6. The highest BCUT2D eigenvalue weighted by Gasteiger charge is 2.48. The zero-order valence-corrected chi connectivity index (χ0v) is 71.6. The van der Waals surface area contributed by atoms with Crippen LogP contribution in [0, 0.1) is 18.8 Å². The van der Waals surface area contributed by atoms with E-state index < -0.39 is 71.6 Å². The van der Waals surface area contributed by atoms with Gasteiger partial charge in [0.05, 0.1) is 167 Å². The molecular formula is C90H123N13O19. The summed E-state index contributed by atoms with van der Waals surface area (Å²) in [6, 6.07) is 27.4. The third-order valence-corrected chi connectivity index (χ3v) is 21.7. The van der Waals surface area contributed by atoms with E-state index in [1.807, 2.05) is 55.5 Å². The fourth-order valence-electron chi connectivity index (χ4n) is 15.3. The average Bonchev–Trinajstić information content (AvgIpc) is 1.60. The number of fused-ring (bicyclic) bond motifs is 5. The Labute approximate surface area is 714 Å². The molecule has 32 heteroatoms. The molecule has 3 atom stereocenters. The van der Waals surface area contributed by atoms with E-state index in [0.717, 1.165) is 74.5 Å². The van der Waals surface area contributed by atoms with Crippen LogP contribution in [0.3, 0.4) is 0 Å². The Morgan fingerprint density at radius 1 is 0.639 bits per heavy atom. The number of likely N-dealkylation sites (tertiary alicyclic amines) is 1. The maximum absolute atomic E-state index is 14.7. The number of aryl methyl sites for hydroxylation is 2. The van der Waals surface area contributed by atoms with E-state index in [2.05, 4.69) is 78.3 Å². The monoisotopic (exact) mass is 1690 g/mol. The molecule has 4 aromatic carbocycles. The van der Waals surface area contributed by atoms with Gasteiger partial charge in [0.25, 0.3) is 0 Å². The third-order valence-electron chi connectivity index (χ3n) is 21.7. The van der Waals surface area contributed by atoms with E-state index in [1.165, 1.54) is 19.3 Å². The van der Waals surface area contributed by atoms with E-state index in [9.17, 15) is 38.4 Å². The van der Waals surface area contributed by atoms with Crippen molar-refractivity contribution in [3.8, 4) is 5.75 Å². The second kappa shape index (κ2) is 49.9. The average molecular weight is 1690 g/mol. The Hall–Kier alpha value is -10.0. The molecule has 1 spiro atoms. The fraction of sp³-hybridized carbons (Fsp3) is 0.556. The van der Waals surface area contributed by atoms with Crippen LogP contribution in [0.4, 0.5) is 15.3 Å². The normalized spacial score (nSPS) is 14.9. The molecule has 122 heavy (non-hydrogen) atoms. The lowest BCUT2D eigenvalue weighted by Gasteiger charge is -2.53. The number of hydrogen-bond acceptors (Lipinski definition) is 24. The van der Waals surface area contributed by atoms with Crippen molar-refractivity contribution in [1.29, 1.82) is 0 Å². The number of benzene rings is 4. The molecule has 6 N–H and O–H groups in total. The number of carbonyl (C=O) groups excluding carboxylic acids is 8. The minimum absolute atomic E-state index is 0.0128. The van der Waals surface area contributed by atoms with Crippen molar-refractivity contribution < 1.29 is 90.5 Å². The maximum Gasteiger partial charge on any atom is 0.410 e. The Morgan fingerprint density at radius 3 is 1.97 bits per heavy atom. The predicted octanol–water partition coefficient (Wildman–Crippen LogP) is 8.83. The number of amides is 7. The fourth-order valence-corrected chi connectivity index (χ4v) is 15.3. The van der Waals surface area contributed by atoms with Crippen molar-refractivity contribution in [3.63, 3.8) is 0 Å². The molecule has 2 fully saturated rings. The Morgan fingerprint density at radius 2 is 1.30 bits per heavy atom. The van der Waals surface area contributed by atoms with Gasteiger partial charge in [0.1, 0.15) is 35.5 Å². The molecule has 32 nitrogen and oxygen atoms in total. The van der Waals surface area contributed by atoms with E-state index in [0.29, 0.717) is 154 Å². The number of hydrogen-bond donors (Lipinski definition) is 5. The number of azo groups is 1. The second-order valence-corrected chi connectivity index (χ2v) is 31.3. The Bertz CT molecular complexity index is 4460. The SMILES string of the molecule is CCCCCCc1nc(C)nc2ccn(Cc3ccc(CN4CC5(C4)CN(C(=O)OCc4ccc(CC(=O)[C@H](CCCNC(N)=O)NC(=O)[C@@H](CC(=O)[C@H](CNC(=O)CCOCCOCCOCCOCCOCCOCCOCCOC)NC(=O)CCC(=O)N6Cc7ccccc7C7=C(N=NC7)c7ccccc76)C(C)C)cc4)CCO5)cc3OC)c12. The molecule has 4 aliphatic heterocycles. The number of anilines is 1. The highest BCUT2D eigenvalue weighted by Crippen LogP contribution is 2.42. The Balaban J connectivity index is 0.691. The molecule has 6 aromatic rings. The molecule has 0 bridgehead atoms. The van der Waals surface area contributed by atoms with Gasteiger partial charge in [0.15, 0.2) is 11.6 Å². The second-order valence-electron chi connectivity index (χ2n) is 31.3. The lowest BCUT2D eigenvalue weighted by molar-refractivity contribution is -0.181. The summed E-state index contributed by atoms with van der Waals surface area (Å²) in [5.41, 5.74) is 16.1. The number of methoxy groups -OCH3 is 2. The van der Waals surface area contributed by atoms with Crippen molar-refractivity contribution >= 4 is 75.3 Å². The van der Waals surface area contributed by atoms with Crippen LogP contribution in [0.5, 0.6) is 5.75 Å². The number of nitrogens with one attached hydrogen (secondary N) is 4. The molecule has 4 aliphatic rings. The number of primary amides is 1. The first kappa shape index (κ1) is 94.3. The van der Waals surface area contributed by atoms with Crippen LogP contribution in [0.2, 0.25) is 0 Å². The number of para-hydroxylation sites is 1.